The van der Waals surface area contributed by atoms with Gasteiger partial charge in [0.05, 0.1) is 5.41 Å². The standard InChI is InChI=1S/C16H18F8O2/c1-4-11(2,3)10(25)26-9-6-7-5-8(9)13(18)12(7,17)14(19,20)16(23,24)15(13,21)22/h7-9H,4-6H2,1-3H3. The van der Waals surface area contributed by atoms with E-state index in [-0.39, 0.29) is 6.42 Å². The minimum absolute atomic E-state index is 0.271. The van der Waals surface area contributed by atoms with Crippen LogP contribution in [-0.2, 0) is 9.53 Å². The van der Waals surface area contributed by atoms with Crippen LogP contribution in [0.15, 0.2) is 0 Å². The van der Waals surface area contributed by atoms with E-state index in [1.54, 1.807) is 6.92 Å². The number of esters is 1. The molecule has 3 rings (SSSR count). The first-order valence-corrected chi connectivity index (χ1v) is 8.26. The lowest BCUT2D eigenvalue weighted by molar-refractivity contribution is -0.298. The van der Waals surface area contributed by atoms with Crippen LogP contribution in [0, 0.1) is 17.3 Å². The number of halogens is 8. The van der Waals surface area contributed by atoms with Gasteiger partial charge in [-0.25, -0.2) is 8.78 Å². The number of fused-ring (bicyclic) bond motifs is 5. The number of alkyl halides is 8. The highest BCUT2D eigenvalue weighted by molar-refractivity contribution is 5.76. The molecule has 0 aliphatic heterocycles. The fourth-order valence-electron chi connectivity index (χ4n) is 4.48. The maximum atomic E-state index is 15.1. The molecule has 3 fully saturated rings. The normalized spacial score (nSPS) is 44.8. The van der Waals surface area contributed by atoms with Crippen molar-refractivity contribution >= 4 is 5.97 Å². The highest BCUT2D eigenvalue weighted by atomic mass is 19.4. The Morgan fingerprint density at radius 2 is 1.42 bits per heavy atom. The molecule has 3 saturated carbocycles. The molecule has 0 spiro atoms. The Kier molecular flexibility index (Phi) is 3.66. The van der Waals surface area contributed by atoms with E-state index in [2.05, 4.69) is 0 Å². The second kappa shape index (κ2) is 4.84. The molecule has 0 aromatic rings. The van der Waals surface area contributed by atoms with E-state index in [4.69, 9.17) is 4.74 Å². The monoisotopic (exact) mass is 394 g/mol. The molecule has 3 aliphatic carbocycles. The third-order valence-electron chi connectivity index (χ3n) is 6.50. The van der Waals surface area contributed by atoms with Crippen LogP contribution in [0.4, 0.5) is 35.1 Å². The second-order valence-electron chi connectivity index (χ2n) is 8.10. The van der Waals surface area contributed by atoms with E-state index in [1.165, 1.54) is 13.8 Å². The maximum Gasteiger partial charge on any atom is 0.378 e. The number of carbonyl (C=O) groups excluding carboxylic acids is 1. The summed E-state index contributed by atoms with van der Waals surface area (Å²) < 4.78 is 118. The van der Waals surface area contributed by atoms with Gasteiger partial charge in [0.15, 0.2) is 0 Å². The number of ether oxygens (including phenoxy) is 1. The molecule has 5 unspecified atom stereocenters. The van der Waals surface area contributed by atoms with Gasteiger partial charge in [0.25, 0.3) is 0 Å². The number of hydrogen-bond acceptors (Lipinski definition) is 2. The summed E-state index contributed by atoms with van der Waals surface area (Å²) in [6.07, 6.45) is -2.92. The van der Waals surface area contributed by atoms with Crippen molar-refractivity contribution in [3.8, 4) is 0 Å². The molecule has 3 aliphatic rings. The van der Waals surface area contributed by atoms with Gasteiger partial charge < -0.3 is 4.74 Å². The predicted molar refractivity (Wildman–Crippen MR) is 72.7 cm³/mol. The highest BCUT2D eigenvalue weighted by Gasteiger charge is 3.04. The first kappa shape index (κ1) is 19.7. The van der Waals surface area contributed by atoms with Crippen molar-refractivity contribution < 1.29 is 44.7 Å². The van der Waals surface area contributed by atoms with E-state index < -0.39 is 71.3 Å². The van der Waals surface area contributed by atoms with Crippen molar-refractivity contribution in [2.24, 2.45) is 17.3 Å². The van der Waals surface area contributed by atoms with Gasteiger partial charge in [-0.3, -0.25) is 4.79 Å². The van der Waals surface area contributed by atoms with Crippen LogP contribution in [0.1, 0.15) is 40.0 Å². The van der Waals surface area contributed by atoms with Crippen LogP contribution in [0.25, 0.3) is 0 Å². The van der Waals surface area contributed by atoms with Gasteiger partial charge >= 0.3 is 23.7 Å². The molecular formula is C16H18F8O2. The maximum absolute atomic E-state index is 15.1. The zero-order chi connectivity index (χ0) is 20.1. The molecular weight excluding hydrogens is 376 g/mol. The van der Waals surface area contributed by atoms with Crippen molar-refractivity contribution in [1.29, 1.82) is 0 Å². The molecule has 0 heterocycles. The fraction of sp³-hybridized carbons (Fsp3) is 0.938. The summed E-state index contributed by atoms with van der Waals surface area (Å²) in [4.78, 5) is 12.1. The minimum Gasteiger partial charge on any atom is -0.462 e. The highest BCUT2D eigenvalue weighted by Crippen LogP contribution is 2.79. The van der Waals surface area contributed by atoms with Crippen LogP contribution in [0.3, 0.4) is 0 Å². The summed E-state index contributed by atoms with van der Waals surface area (Å²) in [5.74, 6) is -23.3. The summed E-state index contributed by atoms with van der Waals surface area (Å²) >= 11 is 0. The van der Waals surface area contributed by atoms with Crippen molar-refractivity contribution in [2.75, 3.05) is 0 Å². The smallest absolute Gasteiger partial charge is 0.378 e. The first-order chi connectivity index (χ1) is 11.5. The zero-order valence-electron chi connectivity index (χ0n) is 14.2. The van der Waals surface area contributed by atoms with E-state index >= 15 is 4.39 Å². The largest absolute Gasteiger partial charge is 0.462 e. The summed E-state index contributed by atoms with van der Waals surface area (Å²) in [6.45, 7) is 4.54. The average Bonchev–Trinajstić information content (AvgIpc) is 3.06. The van der Waals surface area contributed by atoms with E-state index in [0.717, 1.165) is 0 Å². The summed E-state index contributed by atoms with van der Waals surface area (Å²) in [6, 6.07) is 0. The Balaban J connectivity index is 2.02. The third-order valence-corrected chi connectivity index (χ3v) is 6.50. The van der Waals surface area contributed by atoms with Crippen molar-refractivity contribution in [3.05, 3.63) is 0 Å². The van der Waals surface area contributed by atoms with Gasteiger partial charge in [-0.15, -0.1) is 0 Å². The Morgan fingerprint density at radius 1 is 0.923 bits per heavy atom. The van der Waals surface area contributed by atoms with Gasteiger partial charge in [0, 0.05) is 11.8 Å². The Labute approximate surface area is 144 Å². The first-order valence-electron chi connectivity index (χ1n) is 8.26. The zero-order valence-corrected chi connectivity index (χ0v) is 14.2. The Bertz CT molecular complexity index is 648. The molecule has 0 aromatic heterocycles. The lowest BCUT2D eigenvalue weighted by atomic mass is 9.73. The van der Waals surface area contributed by atoms with Crippen LogP contribution in [-0.4, -0.2) is 41.2 Å². The SMILES string of the molecule is CCC(C)(C)C(=O)OC1CC2CC1C1(F)C(F)(F)C(F)(F)C(F)(F)C21F. The van der Waals surface area contributed by atoms with Crippen molar-refractivity contribution in [1.82, 2.24) is 0 Å². The van der Waals surface area contributed by atoms with Crippen LogP contribution < -0.4 is 0 Å². The van der Waals surface area contributed by atoms with Gasteiger partial charge in [0.2, 0.25) is 11.3 Å². The molecule has 2 bridgehead atoms. The van der Waals surface area contributed by atoms with Crippen LogP contribution >= 0.6 is 0 Å². The van der Waals surface area contributed by atoms with E-state index in [9.17, 15) is 35.5 Å². The quantitative estimate of drug-likeness (QED) is 0.512. The number of rotatable bonds is 3. The second-order valence-corrected chi connectivity index (χ2v) is 8.10. The van der Waals surface area contributed by atoms with E-state index in [1.807, 2.05) is 0 Å². The van der Waals surface area contributed by atoms with Gasteiger partial charge in [-0.2, -0.15) is 26.3 Å². The molecule has 0 N–H and O–H groups in total. The lowest BCUT2D eigenvalue weighted by Gasteiger charge is -2.42. The molecule has 0 radical (unpaired) electrons. The molecule has 150 valence electrons. The molecule has 26 heavy (non-hydrogen) atoms. The molecule has 0 aromatic carbocycles. The average molecular weight is 394 g/mol. The molecule has 2 nitrogen and oxygen atoms in total. The topological polar surface area (TPSA) is 26.3 Å². The predicted octanol–water partition coefficient (Wildman–Crippen LogP) is 4.71. The third kappa shape index (κ3) is 1.68. The van der Waals surface area contributed by atoms with Gasteiger partial charge in [-0.05, 0) is 33.1 Å². The van der Waals surface area contributed by atoms with Crippen LogP contribution in [0.2, 0.25) is 0 Å². The lowest BCUT2D eigenvalue weighted by Crippen LogP contribution is -2.63. The van der Waals surface area contributed by atoms with Crippen molar-refractivity contribution in [2.45, 2.75) is 75.2 Å². The van der Waals surface area contributed by atoms with Crippen LogP contribution in [0.5, 0.6) is 0 Å². The van der Waals surface area contributed by atoms with Gasteiger partial charge in [0.1, 0.15) is 6.10 Å². The Hall–Kier alpha value is -1.09. The summed E-state index contributed by atoms with van der Waals surface area (Å²) in [5, 5.41) is 0. The minimum atomic E-state index is -6.19. The molecule has 5 atom stereocenters. The molecule has 0 saturated heterocycles. The molecule has 10 heteroatoms. The number of carbonyl (C=O) groups is 1. The Morgan fingerprint density at radius 3 is 1.92 bits per heavy atom. The van der Waals surface area contributed by atoms with E-state index in [0.29, 0.717) is 0 Å². The fourth-order valence-corrected chi connectivity index (χ4v) is 4.48. The molecule has 0 amide bonds. The summed E-state index contributed by atoms with van der Waals surface area (Å²) in [5.41, 5.74) is -10.6. The number of hydrogen-bond donors (Lipinski definition) is 0. The summed E-state index contributed by atoms with van der Waals surface area (Å²) in [7, 11) is 0. The van der Waals surface area contributed by atoms with Gasteiger partial charge in [-0.1, -0.05) is 6.92 Å². The van der Waals surface area contributed by atoms with Crippen molar-refractivity contribution in [3.63, 3.8) is 0 Å².